The summed E-state index contributed by atoms with van der Waals surface area (Å²) in [7, 11) is 0. The molecule has 2 aliphatic rings. The molecule has 1 saturated heterocycles. The van der Waals surface area contributed by atoms with Gasteiger partial charge in [0, 0.05) is 24.7 Å². The number of alkyl halides is 3. The summed E-state index contributed by atoms with van der Waals surface area (Å²) in [4.78, 5) is 28.3. The Bertz CT molecular complexity index is 1790. The number of unbranched alkanes of at least 4 members (excludes halogenated alkanes) is 1. The van der Waals surface area contributed by atoms with E-state index in [4.69, 9.17) is 4.74 Å². The van der Waals surface area contributed by atoms with Crippen molar-refractivity contribution in [1.29, 1.82) is 0 Å². The Balaban J connectivity index is 0.994. The molecule has 49 heavy (non-hydrogen) atoms. The molecule has 1 heterocycles. The average Bonchev–Trinajstić information content (AvgIpc) is 3.41. The number of ether oxygens (including phenoxy) is 1. The number of nitrogens with zero attached hydrogens (tertiary/aromatic N) is 2. The topological polar surface area (TPSA) is 61.9 Å². The van der Waals surface area contributed by atoms with Crippen molar-refractivity contribution in [3.63, 3.8) is 0 Å². The molecular formula is C38H36F5N3O3. The highest BCUT2D eigenvalue weighted by atomic mass is 19.4. The third-order valence-corrected chi connectivity index (χ3v) is 9.07. The maximum atomic E-state index is 15.0. The number of aryl methyl sites for hydroxylation is 1. The molecule has 11 heteroatoms. The number of rotatable bonds is 11. The Labute approximate surface area is 281 Å². The van der Waals surface area contributed by atoms with E-state index in [-0.39, 0.29) is 23.1 Å². The van der Waals surface area contributed by atoms with Crippen LogP contribution in [0.5, 0.6) is 11.5 Å². The van der Waals surface area contributed by atoms with Crippen LogP contribution in [-0.4, -0.2) is 60.2 Å². The fraction of sp³-hybridized carbons (Fsp3) is 0.316. The molecule has 0 bridgehead atoms. The Morgan fingerprint density at radius 3 is 2.37 bits per heavy atom. The average molecular weight is 678 g/mol. The van der Waals surface area contributed by atoms with Crippen molar-refractivity contribution in [2.45, 2.75) is 50.2 Å². The van der Waals surface area contributed by atoms with E-state index in [2.05, 4.69) is 10.2 Å². The molecule has 1 atom stereocenters. The SMILES string of the molecule is O=C(NC1CCN(CCCCc2ccc3c(c2)-c2c(F)cccc2C3C(=O)N(F)CC(F)(F)F)CC1)c1ccccc1Oc1ccccc1. The Morgan fingerprint density at radius 1 is 0.878 bits per heavy atom. The zero-order valence-corrected chi connectivity index (χ0v) is 26.7. The smallest absolute Gasteiger partial charge is 0.408 e. The van der Waals surface area contributed by atoms with Crippen LogP contribution in [0.2, 0.25) is 0 Å². The van der Waals surface area contributed by atoms with E-state index in [9.17, 15) is 31.6 Å². The van der Waals surface area contributed by atoms with E-state index in [1.54, 1.807) is 30.3 Å². The van der Waals surface area contributed by atoms with E-state index in [0.717, 1.165) is 50.9 Å². The molecule has 2 amide bonds. The lowest BCUT2D eigenvalue weighted by Gasteiger charge is -2.32. The molecule has 4 aromatic rings. The van der Waals surface area contributed by atoms with Crippen LogP contribution >= 0.6 is 0 Å². The summed E-state index contributed by atoms with van der Waals surface area (Å²) in [5, 5.41) is 2.33. The summed E-state index contributed by atoms with van der Waals surface area (Å²) in [6.07, 6.45) is -0.846. The number of likely N-dealkylation sites (tertiary alicyclic amines) is 1. The summed E-state index contributed by atoms with van der Waals surface area (Å²) in [5.41, 5.74) is 2.36. The van der Waals surface area contributed by atoms with Gasteiger partial charge in [0.15, 0.2) is 0 Å². The maximum Gasteiger partial charge on any atom is 0.408 e. The van der Waals surface area contributed by atoms with Crippen LogP contribution in [0.4, 0.5) is 22.0 Å². The summed E-state index contributed by atoms with van der Waals surface area (Å²) < 4.78 is 73.7. The van der Waals surface area contributed by atoms with Gasteiger partial charge < -0.3 is 15.0 Å². The van der Waals surface area contributed by atoms with Crippen molar-refractivity contribution >= 4 is 11.8 Å². The minimum absolute atomic E-state index is 0.0527. The third kappa shape index (κ3) is 8.10. The number of nitrogens with one attached hydrogen (secondary N) is 1. The first-order chi connectivity index (χ1) is 23.6. The number of fused-ring (bicyclic) bond motifs is 3. The fourth-order valence-corrected chi connectivity index (χ4v) is 6.69. The van der Waals surface area contributed by atoms with E-state index < -0.39 is 35.5 Å². The van der Waals surface area contributed by atoms with Crippen molar-refractivity contribution in [2.75, 3.05) is 26.2 Å². The molecule has 1 N–H and O–H groups in total. The van der Waals surface area contributed by atoms with Gasteiger partial charge in [0.2, 0.25) is 0 Å². The highest BCUT2D eigenvalue weighted by molar-refractivity contribution is 5.97. The van der Waals surface area contributed by atoms with Crippen LogP contribution in [0.1, 0.15) is 58.6 Å². The van der Waals surface area contributed by atoms with E-state index in [0.29, 0.717) is 34.6 Å². The van der Waals surface area contributed by atoms with Crippen LogP contribution in [0.25, 0.3) is 11.1 Å². The van der Waals surface area contributed by atoms with Crippen molar-refractivity contribution < 1.29 is 36.4 Å². The van der Waals surface area contributed by atoms with Crippen LogP contribution in [0, 0.1) is 5.82 Å². The Kier molecular flexibility index (Phi) is 10.3. The number of piperidine rings is 1. The lowest BCUT2D eigenvalue weighted by atomic mass is 9.94. The third-order valence-electron chi connectivity index (χ3n) is 9.07. The van der Waals surface area contributed by atoms with Gasteiger partial charge in [-0.1, -0.05) is 65.1 Å². The zero-order valence-electron chi connectivity index (χ0n) is 26.7. The Hall–Kier alpha value is -4.77. The quantitative estimate of drug-likeness (QED) is 0.0988. The van der Waals surface area contributed by atoms with E-state index in [1.165, 1.54) is 18.2 Å². The van der Waals surface area contributed by atoms with Gasteiger partial charge in [-0.2, -0.15) is 18.3 Å². The summed E-state index contributed by atoms with van der Waals surface area (Å²) in [5.74, 6) is -2.35. The molecule has 6 nitrogen and oxygen atoms in total. The lowest BCUT2D eigenvalue weighted by Crippen LogP contribution is -2.44. The van der Waals surface area contributed by atoms with Crippen LogP contribution < -0.4 is 10.1 Å². The first-order valence-electron chi connectivity index (χ1n) is 16.4. The molecular weight excluding hydrogens is 641 g/mol. The van der Waals surface area contributed by atoms with Gasteiger partial charge in [-0.15, -0.1) is 0 Å². The summed E-state index contributed by atoms with van der Waals surface area (Å²) in [6, 6.07) is 25.7. The highest BCUT2D eigenvalue weighted by Crippen LogP contribution is 2.47. The zero-order chi connectivity index (χ0) is 34.5. The number of amides is 2. The minimum atomic E-state index is -4.90. The molecule has 256 valence electrons. The van der Waals surface area contributed by atoms with Crippen LogP contribution in [0.3, 0.4) is 0 Å². The molecule has 6 rings (SSSR count). The molecule has 0 spiro atoms. The summed E-state index contributed by atoms with van der Waals surface area (Å²) >= 11 is 0. The van der Waals surface area contributed by atoms with Gasteiger partial charge in [0.05, 0.1) is 11.5 Å². The van der Waals surface area contributed by atoms with Crippen molar-refractivity contribution in [2.24, 2.45) is 0 Å². The van der Waals surface area contributed by atoms with Gasteiger partial charge in [-0.25, -0.2) is 4.39 Å². The monoisotopic (exact) mass is 677 g/mol. The molecule has 4 aromatic carbocycles. The number of benzene rings is 4. The van der Waals surface area contributed by atoms with Gasteiger partial charge in [-0.3, -0.25) is 9.59 Å². The largest absolute Gasteiger partial charge is 0.457 e. The number of hydrogen-bond donors (Lipinski definition) is 1. The number of carbonyl (C=O) groups excluding carboxylic acids is 2. The van der Waals surface area contributed by atoms with Crippen molar-refractivity contribution in [3.05, 3.63) is 119 Å². The van der Waals surface area contributed by atoms with Gasteiger partial charge in [0.25, 0.3) is 11.8 Å². The number of para-hydroxylation sites is 2. The second-order valence-electron chi connectivity index (χ2n) is 12.5. The number of halogens is 5. The number of hydrogen-bond acceptors (Lipinski definition) is 4. The second kappa shape index (κ2) is 14.8. The lowest BCUT2D eigenvalue weighted by molar-refractivity contribution is -0.188. The van der Waals surface area contributed by atoms with Gasteiger partial charge in [-0.05, 0) is 91.2 Å². The predicted octanol–water partition coefficient (Wildman–Crippen LogP) is 8.22. The van der Waals surface area contributed by atoms with Crippen molar-refractivity contribution in [1.82, 2.24) is 15.3 Å². The van der Waals surface area contributed by atoms with Crippen LogP contribution in [-0.2, 0) is 11.2 Å². The van der Waals surface area contributed by atoms with Crippen LogP contribution in [0.15, 0.2) is 91.0 Å². The molecule has 1 aliphatic carbocycles. The predicted molar refractivity (Wildman–Crippen MR) is 175 cm³/mol. The van der Waals surface area contributed by atoms with E-state index >= 15 is 0 Å². The van der Waals surface area contributed by atoms with Crippen molar-refractivity contribution in [3.8, 4) is 22.6 Å². The normalized spacial score (nSPS) is 16.1. The standard InChI is InChI=1S/C38H36F5N3O3/c39-32-14-8-13-30-34(32)31-23-25(16-17-28(31)35(30)37(48)46(43)24-38(40,41)42)9-6-7-20-45-21-18-26(19-22-45)44-36(47)29-12-4-5-15-33(29)49-27-10-2-1-3-11-27/h1-5,8,10-17,23,26,35H,6-7,9,18-22,24H2,(H,44,47). The molecule has 1 unspecified atom stereocenters. The molecule has 1 aliphatic heterocycles. The summed E-state index contributed by atoms with van der Waals surface area (Å²) in [6.45, 7) is 0.527. The molecule has 0 radical (unpaired) electrons. The number of carbonyl (C=O) groups is 2. The molecule has 0 saturated carbocycles. The molecule has 0 aromatic heterocycles. The highest BCUT2D eigenvalue weighted by Gasteiger charge is 2.41. The van der Waals surface area contributed by atoms with E-state index in [1.807, 2.05) is 42.5 Å². The van der Waals surface area contributed by atoms with Gasteiger partial charge in [0.1, 0.15) is 23.9 Å². The van der Waals surface area contributed by atoms with Gasteiger partial charge >= 0.3 is 6.18 Å². The minimum Gasteiger partial charge on any atom is -0.457 e. The first-order valence-corrected chi connectivity index (χ1v) is 16.4. The molecule has 1 fully saturated rings. The Morgan fingerprint density at radius 2 is 1.61 bits per heavy atom. The fourth-order valence-electron chi connectivity index (χ4n) is 6.69. The second-order valence-corrected chi connectivity index (χ2v) is 12.5. The first kappa shape index (κ1) is 34.1. The maximum absolute atomic E-state index is 15.0.